The first-order valence-electron chi connectivity index (χ1n) is 22.8. The maximum Gasteiger partial charge on any atom is 0.306 e. The first-order chi connectivity index (χ1) is 28.5. The molecule has 0 aromatic carbocycles. The lowest BCUT2D eigenvalue weighted by molar-refractivity contribution is -0.870. The summed E-state index contributed by atoms with van der Waals surface area (Å²) in [5, 5.41) is 0. The van der Waals surface area contributed by atoms with Crippen molar-refractivity contribution in [1.29, 1.82) is 0 Å². The second kappa shape index (κ2) is 36.1. The maximum absolute atomic E-state index is 12.7. The molecule has 4 atom stereocenters. The lowest BCUT2D eigenvalue weighted by Gasteiger charge is -2.28. The Kier molecular flexibility index (Phi) is 33.3. The van der Waals surface area contributed by atoms with Crippen molar-refractivity contribution in [2.75, 3.05) is 47.5 Å². The topological polar surface area (TPSA) is 124 Å². The van der Waals surface area contributed by atoms with Crippen LogP contribution in [-0.4, -0.2) is 82.2 Å². The zero-order chi connectivity index (χ0) is 43.3. The van der Waals surface area contributed by atoms with Gasteiger partial charge in [-0.2, -0.15) is 0 Å². The Morgan fingerprint density at radius 3 is 1.69 bits per heavy atom. The molecule has 59 heavy (non-hydrogen) atoms. The number of phosphoric ester groups is 1. The first-order valence-corrected chi connectivity index (χ1v) is 24.2. The molecule has 0 spiro atoms. The molecule has 1 aliphatic rings. The smallest absolute Gasteiger partial charge is 0.306 e. The fraction of sp³-hybridized carbons (Fsp3) is 0.708. The van der Waals surface area contributed by atoms with Gasteiger partial charge in [-0.1, -0.05) is 125 Å². The summed E-state index contributed by atoms with van der Waals surface area (Å²) in [5.41, 5.74) is 0. The van der Waals surface area contributed by atoms with Crippen LogP contribution in [0, 0.1) is 0 Å². The summed E-state index contributed by atoms with van der Waals surface area (Å²) in [7, 11) is 1.10. The molecule has 1 fully saturated rings. The van der Waals surface area contributed by atoms with Crippen molar-refractivity contribution in [3.8, 4) is 0 Å². The third kappa shape index (κ3) is 36.9. The van der Waals surface area contributed by atoms with Crippen LogP contribution < -0.4 is 4.89 Å². The first kappa shape index (κ1) is 54.4. The molecular weight excluding hydrogens is 766 g/mol. The summed E-state index contributed by atoms with van der Waals surface area (Å²) < 4.78 is 39.7. The van der Waals surface area contributed by atoms with E-state index in [4.69, 9.17) is 23.3 Å². The molecule has 11 heteroatoms. The minimum atomic E-state index is -4.66. The van der Waals surface area contributed by atoms with Crippen LogP contribution in [0.15, 0.2) is 72.9 Å². The van der Waals surface area contributed by atoms with Gasteiger partial charge < -0.3 is 32.6 Å². The second-order valence-electron chi connectivity index (χ2n) is 16.4. The van der Waals surface area contributed by atoms with Gasteiger partial charge in [0.25, 0.3) is 7.82 Å². The zero-order valence-electron chi connectivity index (χ0n) is 37.6. The fourth-order valence-corrected chi connectivity index (χ4v) is 6.65. The minimum Gasteiger partial charge on any atom is -0.756 e. The van der Waals surface area contributed by atoms with E-state index in [1.54, 1.807) is 0 Å². The molecule has 0 aliphatic carbocycles. The van der Waals surface area contributed by atoms with Gasteiger partial charge in [0.1, 0.15) is 19.8 Å². The second-order valence-corrected chi connectivity index (χ2v) is 17.9. The molecular formula is C48H82NO9P. The molecule has 0 amide bonds. The van der Waals surface area contributed by atoms with Crippen molar-refractivity contribution in [1.82, 2.24) is 0 Å². The summed E-state index contributed by atoms with van der Waals surface area (Å²) in [4.78, 5) is 37.7. The number of nitrogens with zero attached hydrogens (tertiary/aromatic N) is 1. The molecule has 3 unspecified atom stereocenters. The molecule has 0 saturated carbocycles. The van der Waals surface area contributed by atoms with E-state index in [2.05, 4.69) is 86.8 Å². The van der Waals surface area contributed by atoms with Crippen LogP contribution >= 0.6 is 7.82 Å². The molecule has 0 radical (unpaired) electrons. The normalized spacial score (nSPS) is 17.7. The summed E-state index contributed by atoms with van der Waals surface area (Å²) >= 11 is 0. The van der Waals surface area contributed by atoms with Gasteiger partial charge in [0.15, 0.2) is 6.10 Å². The molecule has 10 nitrogen and oxygen atoms in total. The Morgan fingerprint density at radius 1 is 0.627 bits per heavy atom. The predicted octanol–water partition coefficient (Wildman–Crippen LogP) is 11.4. The highest BCUT2D eigenvalue weighted by Crippen LogP contribution is 2.38. The summed E-state index contributed by atoms with van der Waals surface area (Å²) in [5.74, 6) is -0.943. The Balaban J connectivity index is 2.36. The van der Waals surface area contributed by atoms with E-state index in [9.17, 15) is 19.0 Å². The molecule has 0 bridgehead atoms. The van der Waals surface area contributed by atoms with Gasteiger partial charge in [0.2, 0.25) is 0 Å². The summed E-state index contributed by atoms with van der Waals surface area (Å²) in [6, 6.07) is 0. The highest BCUT2D eigenvalue weighted by molar-refractivity contribution is 7.45. The number of allylic oxidation sites excluding steroid dienone is 11. The van der Waals surface area contributed by atoms with E-state index < -0.39 is 32.5 Å². The van der Waals surface area contributed by atoms with E-state index in [1.165, 1.54) is 44.9 Å². The average molecular weight is 848 g/mol. The highest BCUT2D eigenvalue weighted by atomic mass is 31.2. The van der Waals surface area contributed by atoms with Crippen molar-refractivity contribution in [2.24, 2.45) is 0 Å². The standard InChI is InChI=1S/C48H82NO9P/c1-6-8-10-12-14-16-18-20-21-22-23-24-26-28-30-32-34-38-48(51)57-44(43-56-59(52,53)55-41-40-49(3,4)5)42-54-47(50)39-35-37-46-45(58-46)36-33-31-29-27-25-19-17-15-13-11-9-7-2/h14-17,20-21,23-25,27,31,33,44-46H,6-13,18-19,22,26,28-30,32,34-43H2,1-5H3/b16-14-,17-15-,21-20-,24-23-,27-25-,33-31-/t44-,45?,46?/m1/s1. The van der Waals surface area contributed by atoms with Gasteiger partial charge in [-0.05, 0) is 89.9 Å². The number of carbonyl (C=O) groups excluding carboxylic acids is 2. The van der Waals surface area contributed by atoms with Crippen LogP contribution in [0.2, 0.25) is 0 Å². The lowest BCUT2D eigenvalue weighted by Crippen LogP contribution is -2.37. The number of rotatable bonds is 39. The Bertz CT molecular complexity index is 1300. The van der Waals surface area contributed by atoms with Crippen LogP contribution in [0.1, 0.15) is 155 Å². The van der Waals surface area contributed by atoms with Gasteiger partial charge >= 0.3 is 11.9 Å². The molecule has 338 valence electrons. The van der Waals surface area contributed by atoms with Crippen molar-refractivity contribution in [3.63, 3.8) is 0 Å². The number of hydrogen-bond donors (Lipinski definition) is 0. The van der Waals surface area contributed by atoms with Crippen molar-refractivity contribution < 1.29 is 46.8 Å². The van der Waals surface area contributed by atoms with E-state index in [1.807, 2.05) is 21.1 Å². The monoisotopic (exact) mass is 848 g/mol. The Labute approximate surface area is 359 Å². The fourth-order valence-electron chi connectivity index (χ4n) is 5.92. The van der Waals surface area contributed by atoms with E-state index in [-0.39, 0.29) is 38.3 Å². The molecule has 0 N–H and O–H groups in total. The molecule has 0 aromatic heterocycles. The summed E-state index contributed by atoms with van der Waals surface area (Å²) in [6.45, 7) is 4.04. The molecule has 1 heterocycles. The molecule has 1 rings (SSSR count). The van der Waals surface area contributed by atoms with Crippen molar-refractivity contribution in [2.45, 2.75) is 173 Å². The number of esters is 2. The minimum absolute atomic E-state index is 0.0513. The SMILES string of the molecule is CCCCC/C=C\C/C=C\C/C=C\CCCCCCC(=O)O[C@H](COC(=O)CCCC1OC1C/C=C\C/C=C\C/C=C\CCCCC)COP(=O)([O-])OCC[N+](C)(C)C. The average Bonchev–Trinajstić information content (AvgIpc) is 3.94. The number of epoxide rings is 1. The van der Waals surface area contributed by atoms with Crippen LogP contribution in [-0.2, 0) is 37.4 Å². The number of quaternary nitrogens is 1. The zero-order valence-corrected chi connectivity index (χ0v) is 38.5. The number of phosphoric acid groups is 1. The van der Waals surface area contributed by atoms with Crippen molar-refractivity contribution in [3.05, 3.63) is 72.9 Å². The van der Waals surface area contributed by atoms with E-state index in [0.717, 1.165) is 70.6 Å². The Morgan fingerprint density at radius 2 is 1.14 bits per heavy atom. The van der Waals surface area contributed by atoms with Crippen LogP contribution in [0.4, 0.5) is 0 Å². The van der Waals surface area contributed by atoms with Gasteiger partial charge in [0.05, 0.1) is 40.0 Å². The number of ether oxygens (including phenoxy) is 3. The quantitative estimate of drug-likeness (QED) is 0.0148. The highest BCUT2D eigenvalue weighted by Gasteiger charge is 2.36. The number of likely N-dealkylation sites (N-methyl/N-ethyl adjacent to an activating group) is 1. The van der Waals surface area contributed by atoms with Crippen LogP contribution in [0.25, 0.3) is 0 Å². The maximum atomic E-state index is 12.7. The largest absolute Gasteiger partial charge is 0.756 e. The third-order valence-corrected chi connectivity index (χ3v) is 10.6. The molecule has 1 saturated heterocycles. The van der Waals surface area contributed by atoms with E-state index in [0.29, 0.717) is 23.9 Å². The van der Waals surface area contributed by atoms with Gasteiger partial charge in [-0.25, -0.2) is 0 Å². The molecule has 0 aromatic rings. The predicted molar refractivity (Wildman–Crippen MR) is 240 cm³/mol. The summed E-state index contributed by atoms with van der Waals surface area (Å²) in [6.07, 6.45) is 46.6. The molecule has 1 aliphatic heterocycles. The van der Waals surface area contributed by atoms with Crippen molar-refractivity contribution >= 4 is 19.8 Å². The van der Waals surface area contributed by atoms with Gasteiger partial charge in [-0.15, -0.1) is 0 Å². The van der Waals surface area contributed by atoms with Gasteiger partial charge in [-0.3, -0.25) is 14.2 Å². The number of hydrogen-bond acceptors (Lipinski definition) is 9. The van der Waals surface area contributed by atoms with Gasteiger partial charge in [0, 0.05) is 12.8 Å². The third-order valence-electron chi connectivity index (χ3n) is 9.62. The van der Waals surface area contributed by atoms with Crippen LogP contribution in [0.3, 0.4) is 0 Å². The lowest BCUT2D eigenvalue weighted by atomic mass is 10.1. The van der Waals surface area contributed by atoms with E-state index >= 15 is 0 Å². The Hall–Kier alpha value is -2.59. The van der Waals surface area contributed by atoms with Crippen LogP contribution in [0.5, 0.6) is 0 Å². The number of carbonyl (C=O) groups is 2. The number of unbranched alkanes of at least 4 members (excludes halogenated alkanes) is 10.